The summed E-state index contributed by atoms with van der Waals surface area (Å²) < 4.78 is 32.5. The summed E-state index contributed by atoms with van der Waals surface area (Å²) in [6.45, 7) is 4.64. The molecule has 1 saturated heterocycles. The van der Waals surface area contributed by atoms with Gasteiger partial charge in [-0.3, -0.25) is 0 Å². The summed E-state index contributed by atoms with van der Waals surface area (Å²) in [6, 6.07) is 17.9. The lowest BCUT2D eigenvalue weighted by Crippen LogP contribution is -2.53. The molecule has 2 aromatic carbocycles. The second-order valence-electron chi connectivity index (χ2n) is 8.77. The van der Waals surface area contributed by atoms with Crippen LogP contribution in [0.2, 0.25) is 0 Å². The standard InChI is InChI=1S/C17H26N.C7H8O3S/c1-18(13-7-8-14-18)17-12-6-5-11-16(17)15-9-3-2-4-10-15;1-6-2-4-7(5-3-6)11(8,9)10/h2-4,9-10,16-17H,5-8,11-14H2,1H3;2-5H,1H3,(H,8,9,10)/q+1;/p-1/t16-,17-;/m1./s1. The van der Waals surface area contributed by atoms with Crippen molar-refractivity contribution < 1.29 is 17.5 Å². The van der Waals surface area contributed by atoms with Crippen molar-refractivity contribution >= 4 is 10.1 Å². The van der Waals surface area contributed by atoms with Crippen molar-refractivity contribution in [2.75, 3.05) is 20.1 Å². The van der Waals surface area contributed by atoms with Gasteiger partial charge < -0.3 is 9.04 Å². The van der Waals surface area contributed by atoms with Gasteiger partial charge in [0.05, 0.1) is 31.1 Å². The maximum atomic E-state index is 10.4. The molecule has 1 aliphatic heterocycles. The summed E-state index contributed by atoms with van der Waals surface area (Å²) in [7, 11) is -1.76. The van der Waals surface area contributed by atoms with Crippen molar-refractivity contribution in [1.82, 2.24) is 0 Å². The summed E-state index contributed by atoms with van der Waals surface area (Å²) >= 11 is 0. The minimum Gasteiger partial charge on any atom is -0.744 e. The van der Waals surface area contributed by atoms with E-state index in [1.54, 1.807) is 17.7 Å². The van der Waals surface area contributed by atoms with Gasteiger partial charge in [0.2, 0.25) is 0 Å². The van der Waals surface area contributed by atoms with Crippen LogP contribution in [0, 0.1) is 6.92 Å². The third kappa shape index (κ3) is 5.68. The predicted octanol–water partition coefficient (Wildman–Crippen LogP) is 4.85. The van der Waals surface area contributed by atoms with Gasteiger partial charge in [-0.25, -0.2) is 8.42 Å². The molecule has 1 saturated carbocycles. The zero-order chi connectivity index (χ0) is 20.9. The molecule has 1 heterocycles. The summed E-state index contributed by atoms with van der Waals surface area (Å²) in [5.74, 6) is 0.808. The summed E-state index contributed by atoms with van der Waals surface area (Å²) in [6.07, 6.45) is 8.60. The average Bonchev–Trinajstić information content (AvgIpc) is 3.16. The van der Waals surface area contributed by atoms with Crippen LogP contribution in [0.5, 0.6) is 0 Å². The first-order chi connectivity index (χ1) is 13.8. The van der Waals surface area contributed by atoms with E-state index in [4.69, 9.17) is 0 Å². The zero-order valence-corrected chi connectivity index (χ0v) is 18.4. The van der Waals surface area contributed by atoms with Crippen molar-refractivity contribution in [2.24, 2.45) is 0 Å². The molecule has 0 spiro atoms. The molecule has 0 amide bonds. The van der Waals surface area contributed by atoms with Crippen LogP contribution in [0.4, 0.5) is 0 Å². The lowest BCUT2D eigenvalue weighted by molar-refractivity contribution is -0.925. The Balaban J connectivity index is 0.000000188. The molecule has 0 unspecified atom stereocenters. The Hall–Kier alpha value is -1.69. The van der Waals surface area contributed by atoms with Gasteiger partial charge in [0.25, 0.3) is 0 Å². The quantitative estimate of drug-likeness (QED) is 0.532. The number of rotatable bonds is 3. The van der Waals surface area contributed by atoms with Gasteiger partial charge in [-0.15, -0.1) is 0 Å². The predicted molar refractivity (Wildman–Crippen MR) is 116 cm³/mol. The molecule has 2 aliphatic rings. The van der Waals surface area contributed by atoms with Crippen LogP contribution >= 0.6 is 0 Å². The van der Waals surface area contributed by atoms with Gasteiger partial charge in [0, 0.05) is 25.2 Å². The van der Waals surface area contributed by atoms with Crippen LogP contribution in [-0.2, 0) is 10.1 Å². The van der Waals surface area contributed by atoms with Crippen LogP contribution in [0.3, 0.4) is 0 Å². The zero-order valence-electron chi connectivity index (χ0n) is 17.6. The molecular weight excluding hydrogens is 382 g/mol. The van der Waals surface area contributed by atoms with Crippen molar-refractivity contribution in [3.05, 3.63) is 65.7 Å². The molecule has 0 radical (unpaired) electrons. The molecule has 0 N–H and O–H groups in total. The van der Waals surface area contributed by atoms with Crippen LogP contribution in [0.25, 0.3) is 0 Å². The van der Waals surface area contributed by atoms with Gasteiger partial charge in [-0.05, 0) is 37.5 Å². The van der Waals surface area contributed by atoms with E-state index in [9.17, 15) is 13.0 Å². The van der Waals surface area contributed by atoms with Crippen molar-refractivity contribution in [2.45, 2.75) is 62.3 Å². The minimum atomic E-state index is -4.27. The van der Waals surface area contributed by atoms with Crippen LogP contribution in [0.1, 0.15) is 55.6 Å². The summed E-state index contributed by atoms with van der Waals surface area (Å²) in [4.78, 5) is -0.178. The fraction of sp³-hybridized carbons (Fsp3) is 0.500. The molecule has 29 heavy (non-hydrogen) atoms. The van der Waals surface area contributed by atoms with E-state index in [2.05, 4.69) is 37.4 Å². The first-order valence-electron chi connectivity index (χ1n) is 10.7. The Morgan fingerprint density at radius 1 is 0.862 bits per heavy atom. The Labute approximate surface area is 175 Å². The van der Waals surface area contributed by atoms with E-state index in [0.717, 1.165) is 17.5 Å². The third-order valence-corrected chi connectivity index (χ3v) is 7.50. The topological polar surface area (TPSA) is 57.2 Å². The Bertz CT molecular complexity index is 872. The third-order valence-electron chi connectivity index (χ3n) is 6.66. The van der Waals surface area contributed by atoms with Crippen LogP contribution in [-0.4, -0.2) is 43.6 Å². The molecule has 0 aromatic heterocycles. The molecule has 2 aromatic rings. The monoisotopic (exact) mass is 415 g/mol. The van der Waals surface area contributed by atoms with E-state index in [0.29, 0.717) is 0 Å². The largest absolute Gasteiger partial charge is 0.744 e. The number of quaternary nitrogens is 1. The van der Waals surface area contributed by atoms with Crippen LogP contribution in [0.15, 0.2) is 59.5 Å². The van der Waals surface area contributed by atoms with Crippen molar-refractivity contribution in [3.63, 3.8) is 0 Å². The highest BCUT2D eigenvalue weighted by Gasteiger charge is 2.42. The van der Waals surface area contributed by atoms with E-state index < -0.39 is 10.1 Å². The van der Waals surface area contributed by atoms with E-state index in [1.165, 1.54) is 68.2 Å². The molecule has 2 fully saturated rings. The smallest absolute Gasteiger partial charge is 0.124 e. The van der Waals surface area contributed by atoms with Crippen LogP contribution < -0.4 is 0 Å². The first kappa shape index (κ1) is 22.0. The molecule has 0 bridgehead atoms. The van der Waals surface area contributed by atoms with Gasteiger partial charge in [0.1, 0.15) is 10.1 Å². The average molecular weight is 416 g/mol. The highest BCUT2D eigenvalue weighted by atomic mass is 32.2. The second-order valence-corrected chi connectivity index (χ2v) is 10.1. The number of aryl methyl sites for hydroxylation is 1. The van der Waals surface area contributed by atoms with Gasteiger partial charge in [-0.1, -0.05) is 54.4 Å². The normalized spacial score (nSPS) is 23.8. The van der Waals surface area contributed by atoms with Gasteiger partial charge in [0.15, 0.2) is 0 Å². The molecule has 5 heteroatoms. The number of benzene rings is 2. The molecule has 2 atom stereocenters. The Morgan fingerprint density at radius 2 is 1.45 bits per heavy atom. The molecule has 4 nitrogen and oxygen atoms in total. The lowest BCUT2D eigenvalue weighted by atomic mass is 9.78. The van der Waals surface area contributed by atoms with E-state index in [-0.39, 0.29) is 4.90 Å². The van der Waals surface area contributed by atoms with Crippen molar-refractivity contribution in [3.8, 4) is 0 Å². The highest BCUT2D eigenvalue weighted by molar-refractivity contribution is 7.85. The maximum Gasteiger partial charge on any atom is 0.124 e. The molecule has 4 rings (SSSR count). The van der Waals surface area contributed by atoms with E-state index in [1.807, 2.05) is 6.92 Å². The number of likely N-dealkylation sites (tertiary alicyclic amines) is 1. The second kappa shape index (κ2) is 9.41. The molecule has 1 aliphatic carbocycles. The lowest BCUT2D eigenvalue weighted by Gasteiger charge is -2.44. The minimum absolute atomic E-state index is 0.178. The summed E-state index contributed by atoms with van der Waals surface area (Å²) in [5.41, 5.74) is 2.52. The van der Waals surface area contributed by atoms with Gasteiger partial charge >= 0.3 is 0 Å². The van der Waals surface area contributed by atoms with Crippen molar-refractivity contribution in [1.29, 1.82) is 0 Å². The number of hydrogen-bond donors (Lipinski definition) is 0. The number of hydrogen-bond acceptors (Lipinski definition) is 3. The highest BCUT2D eigenvalue weighted by Crippen LogP contribution is 2.40. The fourth-order valence-corrected chi connectivity index (χ4v) is 5.51. The maximum absolute atomic E-state index is 10.4. The molecular formula is C24H33NO3S. The Kier molecular flexibility index (Phi) is 7.14. The SMILES string of the molecule is C[N+]1([C@@H]2CCCC[C@@H]2c2ccccc2)CCCC1.Cc1ccc(S(=O)(=O)[O-])cc1. The number of nitrogens with zero attached hydrogens (tertiary/aromatic N) is 1. The Morgan fingerprint density at radius 3 is 2.03 bits per heavy atom. The van der Waals surface area contributed by atoms with E-state index >= 15 is 0 Å². The first-order valence-corrected chi connectivity index (χ1v) is 12.1. The summed E-state index contributed by atoms with van der Waals surface area (Å²) in [5, 5.41) is 0. The van der Waals surface area contributed by atoms with Gasteiger partial charge in [-0.2, -0.15) is 0 Å². The molecule has 158 valence electrons. The number of likely N-dealkylation sites (N-methyl/N-ethyl adjacent to an activating group) is 1. The fourth-order valence-electron chi connectivity index (χ4n) is 5.04.